The Morgan fingerprint density at radius 3 is 2.59 bits per heavy atom. The summed E-state index contributed by atoms with van der Waals surface area (Å²) in [5, 5.41) is 19.4. The van der Waals surface area contributed by atoms with Crippen molar-refractivity contribution in [1.82, 2.24) is 9.55 Å². The fourth-order valence-electron chi connectivity index (χ4n) is 4.12. The molecule has 2 aromatic carbocycles. The molecule has 0 unspecified atom stereocenters. The summed E-state index contributed by atoms with van der Waals surface area (Å²) >= 11 is 0. The van der Waals surface area contributed by atoms with Crippen LogP contribution in [0.2, 0.25) is 0 Å². The smallest absolute Gasteiger partial charge is 0.339 e. The first-order chi connectivity index (χ1) is 14.1. The number of aryl methyl sites for hydroxylation is 1. The Bertz CT molecular complexity index is 1240. The third-order valence-corrected chi connectivity index (χ3v) is 5.47. The molecule has 0 radical (unpaired) electrons. The van der Waals surface area contributed by atoms with Gasteiger partial charge in [0.2, 0.25) is 0 Å². The summed E-state index contributed by atoms with van der Waals surface area (Å²) < 4.78 is 2.11. The summed E-state index contributed by atoms with van der Waals surface area (Å²) in [5.41, 5.74) is 7.29. The quantitative estimate of drug-likeness (QED) is 0.538. The van der Waals surface area contributed by atoms with E-state index in [-0.39, 0.29) is 11.3 Å². The topological polar surface area (TPSA) is 75.3 Å². The lowest BCUT2D eigenvalue weighted by Crippen LogP contribution is -2.10. The molecule has 1 aliphatic carbocycles. The Morgan fingerprint density at radius 2 is 1.79 bits per heavy atom. The van der Waals surface area contributed by atoms with Gasteiger partial charge in [-0.1, -0.05) is 30.3 Å². The first-order valence-electron chi connectivity index (χ1n) is 9.43. The van der Waals surface area contributed by atoms with Crippen LogP contribution in [-0.4, -0.2) is 25.7 Å². The van der Waals surface area contributed by atoms with Crippen LogP contribution in [0, 0.1) is 0 Å². The number of aromatic carboxylic acids is 1. The number of fused-ring (bicyclic) bond motifs is 3. The molecule has 2 aromatic heterocycles. The molecule has 29 heavy (non-hydrogen) atoms. The van der Waals surface area contributed by atoms with E-state index in [1.165, 1.54) is 17.7 Å². The summed E-state index contributed by atoms with van der Waals surface area (Å²) in [4.78, 5) is 15.8. The minimum atomic E-state index is -1.15. The van der Waals surface area contributed by atoms with Gasteiger partial charge in [-0.05, 0) is 59.9 Å². The van der Waals surface area contributed by atoms with E-state index in [0.29, 0.717) is 0 Å². The lowest BCUT2D eigenvalue weighted by molar-refractivity contribution is 0.0693. The van der Waals surface area contributed by atoms with Crippen molar-refractivity contribution in [2.75, 3.05) is 0 Å². The average Bonchev–Trinajstić information content (AvgIpc) is 3.15. The number of aromatic hydroxyl groups is 1. The van der Waals surface area contributed by atoms with Gasteiger partial charge < -0.3 is 14.8 Å². The van der Waals surface area contributed by atoms with E-state index < -0.39 is 5.97 Å². The summed E-state index contributed by atoms with van der Waals surface area (Å²) in [6.07, 6.45) is 5.42. The zero-order chi connectivity index (χ0) is 20.0. The van der Waals surface area contributed by atoms with E-state index in [1.807, 2.05) is 42.6 Å². The third kappa shape index (κ3) is 2.79. The molecule has 0 saturated carbocycles. The zero-order valence-corrected chi connectivity index (χ0v) is 15.5. The van der Waals surface area contributed by atoms with Crippen molar-refractivity contribution in [2.45, 2.75) is 12.8 Å². The monoisotopic (exact) mass is 382 g/mol. The molecule has 4 aromatic rings. The van der Waals surface area contributed by atoms with Gasteiger partial charge in [0.1, 0.15) is 11.3 Å². The molecule has 1 aliphatic rings. The number of carboxylic acids is 1. The highest BCUT2D eigenvalue weighted by Crippen LogP contribution is 2.40. The molecule has 2 heterocycles. The van der Waals surface area contributed by atoms with Crippen LogP contribution in [0.1, 0.15) is 21.6 Å². The maximum atomic E-state index is 11.6. The lowest BCUT2D eigenvalue weighted by Gasteiger charge is -2.20. The number of nitrogens with zero attached hydrogens (tertiary/aromatic N) is 2. The van der Waals surface area contributed by atoms with Gasteiger partial charge in [0.25, 0.3) is 0 Å². The Balaban J connectivity index is 1.81. The van der Waals surface area contributed by atoms with Crippen molar-refractivity contribution in [2.24, 2.45) is 0 Å². The summed E-state index contributed by atoms with van der Waals surface area (Å²) in [6, 6.07) is 19.0. The molecule has 0 atom stereocenters. The van der Waals surface area contributed by atoms with Gasteiger partial charge in [-0.2, -0.15) is 0 Å². The van der Waals surface area contributed by atoms with Crippen LogP contribution in [-0.2, 0) is 12.8 Å². The van der Waals surface area contributed by atoms with Gasteiger partial charge in [-0.25, -0.2) is 4.79 Å². The number of hydrogen-bond acceptors (Lipinski definition) is 3. The lowest BCUT2D eigenvalue weighted by atomic mass is 9.91. The number of hydrogen-bond donors (Lipinski definition) is 2. The van der Waals surface area contributed by atoms with Gasteiger partial charge in [0, 0.05) is 29.3 Å². The van der Waals surface area contributed by atoms with Gasteiger partial charge in [0.15, 0.2) is 0 Å². The van der Waals surface area contributed by atoms with E-state index in [4.69, 9.17) is 0 Å². The van der Waals surface area contributed by atoms with Crippen LogP contribution >= 0.6 is 0 Å². The van der Waals surface area contributed by atoms with Crippen LogP contribution in [0.3, 0.4) is 0 Å². The molecule has 0 bridgehead atoms. The summed E-state index contributed by atoms with van der Waals surface area (Å²) in [6.45, 7) is 0. The predicted octanol–water partition coefficient (Wildman–Crippen LogP) is 4.71. The molecule has 0 amide bonds. The number of rotatable bonds is 3. The van der Waals surface area contributed by atoms with Crippen molar-refractivity contribution in [3.63, 3.8) is 0 Å². The predicted molar refractivity (Wildman–Crippen MR) is 110 cm³/mol. The number of phenols is 1. The Morgan fingerprint density at radius 1 is 0.966 bits per heavy atom. The average molecular weight is 382 g/mol. The molecular weight excluding hydrogens is 364 g/mol. The highest BCUT2D eigenvalue weighted by molar-refractivity contribution is 5.91. The molecular formula is C24H18N2O3. The normalized spacial score (nSPS) is 12.3. The molecule has 5 rings (SSSR count). The second-order valence-electron chi connectivity index (χ2n) is 7.13. The van der Waals surface area contributed by atoms with Crippen molar-refractivity contribution in [3.05, 3.63) is 89.9 Å². The molecule has 0 aliphatic heterocycles. The van der Waals surface area contributed by atoms with Crippen LogP contribution < -0.4 is 0 Å². The van der Waals surface area contributed by atoms with E-state index >= 15 is 0 Å². The van der Waals surface area contributed by atoms with Gasteiger partial charge in [0.05, 0.1) is 5.69 Å². The maximum Gasteiger partial charge on any atom is 0.339 e. The van der Waals surface area contributed by atoms with Crippen molar-refractivity contribution in [1.29, 1.82) is 0 Å². The molecule has 142 valence electrons. The fraction of sp³-hybridized carbons (Fsp3) is 0.0833. The molecule has 0 spiro atoms. The highest BCUT2D eigenvalue weighted by atomic mass is 16.4. The van der Waals surface area contributed by atoms with Crippen molar-refractivity contribution in [3.8, 4) is 33.8 Å². The maximum absolute atomic E-state index is 11.6. The second kappa shape index (κ2) is 6.63. The van der Waals surface area contributed by atoms with Gasteiger partial charge in [-0.15, -0.1) is 0 Å². The van der Waals surface area contributed by atoms with E-state index in [9.17, 15) is 15.0 Å². The molecule has 5 heteroatoms. The third-order valence-electron chi connectivity index (χ3n) is 5.47. The number of aromatic nitrogens is 2. The highest BCUT2D eigenvalue weighted by Gasteiger charge is 2.24. The van der Waals surface area contributed by atoms with Crippen LogP contribution in [0.4, 0.5) is 0 Å². The SMILES string of the molecule is O=C(O)c1cc(-n2c(-c3ccccc3)cc3c2CCc2cnccc2-3)ccc1O. The second-order valence-corrected chi connectivity index (χ2v) is 7.13. The molecule has 2 N–H and O–H groups in total. The number of carbonyl (C=O) groups is 1. The Kier molecular flexibility index (Phi) is 3.95. The van der Waals surface area contributed by atoms with Crippen molar-refractivity contribution >= 4 is 5.97 Å². The Hall–Kier alpha value is -3.86. The van der Waals surface area contributed by atoms with Gasteiger partial charge in [-0.3, -0.25) is 4.98 Å². The number of carboxylic acid groups (broad SMARTS) is 1. The number of pyridine rings is 1. The van der Waals surface area contributed by atoms with E-state index in [2.05, 4.69) is 15.6 Å². The summed E-state index contributed by atoms with van der Waals surface area (Å²) in [7, 11) is 0. The largest absolute Gasteiger partial charge is 0.507 e. The minimum absolute atomic E-state index is 0.107. The van der Waals surface area contributed by atoms with Crippen molar-refractivity contribution < 1.29 is 15.0 Å². The Labute approximate surface area is 167 Å². The van der Waals surface area contributed by atoms with Crippen LogP contribution in [0.25, 0.3) is 28.1 Å². The zero-order valence-electron chi connectivity index (χ0n) is 15.5. The van der Waals surface area contributed by atoms with Crippen LogP contribution in [0.5, 0.6) is 5.75 Å². The summed E-state index contributed by atoms with van der Waals surface area (Å²) in [5.74, 6) is -1.39. The van der Waals surface area contributed by atoms with E-state index in [1.54, 1.807) is 12.3 Å². The molecule has 5 nitrogen and oxygen atoms in total. The fourth-order valence-corrected chi connectivity index (χ4v) is 4.12. The van der Waals surface area contributed by atoms with Gasteiger partial charge >= 0.3 is 5.97 Å². The van der Waals surface area contributed by atoms with Crippen LogP contribution in [0.15, 0.2) is 73.1 Å². The number of benzene rings is 2. The first-order valence-corrected chi connectivity index (χ1v) is 9.43. The standard InChI is InChI=1S/C24H18N2O3/c27-23-9-7-17(12-20(23)24(28)29)26-21-8-6-16-14-25-11-10-18(16)19(21)13-22(26)15-4-2-1-3-5-15/h1-5,7,9-14,27H,6,8H2,(H,28,29). The first kappa shape index (κ1) is 17.3. The van der Waals surface area contributed by atoms with E-state index in [0.717, 1.165) is 46.6 Å². The molecule has 0 fully saturated rings. The molecule has 0 saturated heterocycles. The minimum Gasteiger partial charge on any atom is -0.507 e.